The van der Waals surface area contributed by atoms with Gasteiger partial charge in [0, 0.05) is 0 Å². The normalized spacial score (nSPS) is 11.5. The van der Waals surface area contributed by atoms with E-state index in [1.165, 1.54) is 12.1 Å². The van der Waals surface area contributed by atoms with Crippen LogP contribution in [-0.4, -0.2) is 6.61 Å². The molecule has 112 valence electrons. The molecule has 0 radical (unpaired) electrons. The Morgan fingerprint density at radius 3 is 2.33 bits per heavy atom. The summed E-state index contributed by atoms with van der Waals surface area (Å²) in [5.74, 6) is 0.671. The van der Waals surface area contributed by atoms with Crippen molar-refractivity contribution in [1.29, 1.82) is 0 Å². The Kier molecular flexibility index (Phi) is 4.26. The Bertz CT molecular complexity index is 645. The third-order valence-corrected chi connectivity index (χ3v) is 3.24. The van der Waals surface area contributed by atoms with E-state index in [1.807, 2.05) is 26.0 Å². The summed E-state index contributed by atoms with van der Waals surface area (Å²) in [6, 6.07) is 9.32. The fourth-order valence-corrected chi connectivity index (χ4v) is 2.26. The lowest BCUT2D eigenvalue weighted by atomic mass is 9.96. The van der Waals surface area contributed by atoms with Gasteiger partial charge in [-0.3, -0.25) is 0 Å². The molecule has 0 saturated heterocycles. The van der Waals surface area contributed by atoms with Crippen LogP contribution in [0.2, 0.25) is 0 Å². The van der Waals surface area contributed by atoms with Gasteiger partial charge in [-0.05, 0) is 67.3 Å². The number of ether oxygens (including phenoxy) is 1. The second kappa shape index (κ2) is 5.80. The summed E-state index contributed by atoms with van der Waals surface area (Å²) < 4.78 is 44.1. The molecule has 0 aliphatic rings. The first-order chi connectivity index (χ1) is 9.81. The largest absolute Gasteiger partial charge is 0.494 e. The zero-order valence-corrected chi connectivity index (χ0v) is 12.2. The van der Waals surface area contributed by atoms with E-state index in [2.05, 4.69) is 0 Å². The van der Waals surface area contributed by atoms with Crippen LogP contribution in [0, 0.1) is 13.8 Å². The molecule has 2 aromatic rings. The minimum absolute atomic E-state index is 0.518. The Balaban J connectivity index is 2.55. The van der Waals surface area contributed by atoms with Crippen LogP contribution in [0.25, 0.3) is 11.1 Å². The second-order valence-corrected chi connectivity index (χ2v) is 5.00. The SMILES string of the molecule is CCOc1cc(C)cc(-c2cc(C(F)(F)F)ccc2C)c1. The van der Waals surface area contributed by atoms with Crippen molar-refractivity contribution in [3.05, 3.63) is 53.1 Å². The van der Waals surface area contributed by atoms with Crippen LogP contribution < -0.4 is 4.74 Å². The lowest BCUT2D eigenvalue weighted by Crippen LogP contribution is -2.05. The predicted octanol–water partition coefficient (Wildman–Crippen LogP) is 5.39. The van der Waals surface area contributed by atoms with Crippen LogP contribution in [0.1, 0.15) is 23.6 Å². The van der Waals surface area contributed by atoms with Gasteiger partial charge in [-0.15, -0.1) is 0 Å². The minimum Gasteiger partial charge on any atom is -0.494 e. The van der Waals surface area contributed by atoms with Gasteiger partial charge in [-0.1, -0.05) is 12.1 Å². The minimum atomic E-state index is -4.34. The zero-order chi connectivity index (χ0) is 15.6. The molecular formula is C17H17F3O. The highest BCUT2D eigenvalue weighted by Crippen LogP contribution is 2.35. The first-order valence-electron chi connectivity index (χ1n) is 6.74. The summed E-state index contributed by atoms with van der Waals surface area (Å²) in [5.41, 5.74) is 2.43. The fraction of sp³-hybridized carbons (Fsp3) is 0.294. The Morgan fingerprint density at radius 1 is 1.00 bits per heavy atom. The second-order valence-electron chi connectivity index (χ2n) is 5.00. The van der Waals surface area contributed by atoms with Crippen molar-refractivity contribution in [1.82, 2.24) is 0 Å². The average molecular weight is 294 g/mol. The third-order valence-electron chi connectivity index (χ3n) is 3.24. The van der Waals surface area contributed by atoms with Crippen LogP contribution in [0.4, 0.5) is 13.2 Å². The molecule has 0 amide bonds. The molecule has 2 rings (SSSR count). The van der Waals surface area contributed by atoms with Gasteiger partial charge in [0.1, 0.15) is 5.75 Å². The van der Waals surface area contributed by atoms with Gasteiger partial charge >= 0.3 is 6.18 Å². The van der Waals surface area contributed by atoms with Gasteiger partial charge in [-0.25, -0.2) is 0 Å². The average Bonchev–Trinajstić information content (AvgIpc) is 2.37. The Morgan fingerprint density at radius 2 is 1.71 bits per heavy atom. The lowest BCUT2D eigenvalue weighted by Gasteiger charge is -2.13. The molecule has 0 N–H and O–H groups in total. The molecule has 2 aromatic carbocycles. The van der Waals surface area contributed by atoms with Crippen LogP contribution in [0.3, 0.4) is 0 Å². The maximum absolute atomic E-state index is 12.9. The van der Waals surface area contributed by atoms with Crippen molar-refractivity contribution in [2.45, 2.75) is 26.9 Å². The van der Waals surface area contributed by atoms with Crippen molar-refractivity contribution >= 4 is 0 Å². The molecule has 0 fully saturated rings. The smallest absolute Gasteiger partial charge is 0.416 e. The summed E-state index contributed by atoms with van der Waals surface area (Å²) in [5, 5.41) is 0. The third kappa shape index (κ3) is 3.57. The van der Waals surface area contributed by atoms with Crippen molar-refractivity contribution in [3.8, 4) is 16.9 Å². The molecule has 21 heavy (non-hydrogen) atoms. The number of aryl methyl sites for hydroxylation is 2. The van der Waals surface area contributed by atoms with Crippen molar-refractivity contribution in [2.24, 2.45) is 0 Å². The molecule has 1 nitrogen and oxygen atoms in total. The maximum atomic E-state index is 12.9. The van der Waals surface area contributed by atoms with Gasteiger partial charge in [0.15, 0.2) is 0 Å². The summed E-state index contributed by atoms with van der Waals surface area (Å²) in [4.78, 5) is 0. The predicted molar refractivity (Wildman–Crippen MR) is 77.5 cm³/mol. The summed E-state index contributed by atoms with van der Waals surface area (Å²) in [6.07, 6.45) is -4.34. The van der Waals surface area contributed by atoms with E-state index in [-0.39, 0.29) is 0 Å². The summed E-state index contributed by atoms with van der Waals surface area (Å²) in [7, 11) is 0. The molecule has 0 aromatic heterocycles. The van der Waals surface area contributed by atoms with Gasteiger partial charge < -0.3 is 4.74 Å². The van der Waals surface area contributed by atoms with E-state index in [4.69, 9.17) is 4.74 Å². The molecule has 0 aliphatic heterocycles. The highest BCUT2D eigenvalue weighted by Gasteiger charge is 2.30. The van der Waals surface area contributed by atoms with E-state index >= 15 is 0 Å². The lowest BCUT2D eigenvalue weighted by molar-refractivity contribution is -0.137. The van der Waals surface area contributed by atoms with Crippen LogP contribution >= 0.6 is 0 Å². The molecule has 0 heterocycles. The maximum Gasteiger partial charge on any atom is 0.416 e. The number of hydrogen-bond acceptors (Lipinski definition) is 1. The zero-order valence-electron chi connectivity index (χ0n) is 12.2. The molecular weight excluding hydrogens is 277 g/mol. The van der Waals surface area contributed by atoms with E-state index in [9.17, 15) is 13.2 Å². The number of rotatable bonds is 3. The monoisotopic (exact) mass is 294 g/mol. The molecule has 0 bridgehead atoms. The molecule has 0 spiro atoms. The highest BCUT2D eigenvalue weighted by molar-refractivity contribution is 5.70. The summed E-state index contributed by atoms with van der Waals surface area (Å²) >= 11 is 0. The quantitative estimate of drug-likeness (QED) is 0.737. The number of halogens is 3. The van der Waals surface area contributed by atoms with Gasteiger partial charge in [0.25, 0.3) is 0 Å². The summed E-state index contributed by atoms with van der Waals surface area (Å²) in [6.45, 7) is 6.09. The van der Waals surface area contributed by atoms with E-state index in [1.54, 1.807) is 13.0 Å². The molecule has 0 aliphatic carbocycles. The molecule has 0 unspecified atom stereocenters. The number of benzene rings is 2. The first kappa shape index (κ1) is 15.4. The number of alkyl halides is 3. The van der Waals surface area contributed by atoms with Gasteiger partial charge in [0.05, 0.1) is 12.2 Å². The van der Waals surface area contributed by atoms with E-state index < -0.39 is 11.7 Å². The van der Waals surface area contributed by atoms with E-state index in [0.717, 1.165) is 22.8 Å². The number of hydrogen-bond donors (Lipinski definition) is 0. The van der Waals surface area contributed by atoms with Gasteiger partial charge in [-0.2, -0.15) is 13.2 Å². The highest BCUT2D eigenvalue weighted by atomic mass is 19.4. The van der Waals surface area contributed by atoms with Crippen molar-refractivity contribution in [2.75, 3.05) is 6.61 Å². The molecule has 0 saturated carbocycles. The Hall–Kier alpha value is -1.97. The first-order valence-corrected chi connectivity index (χ1v) is 6.74. The van der Waals surface area contributed by atoms with Crippen LogP contribution in [0.5, 0.6) is 5.75 Å². The Labute approximate surface area is 122 Å². The van der Waals surface area contributed by atoms with Gasteiger partial charge in [0.2, 0.25) is 0 Å². The fourth-order valence-electron chi connectivity index (χ4n) is 2.26. The van der Waals surface area contributed by atoms with Crippen LogP contribution in [0.15, 0.2) is 36.4 Å². The van der Waals surface area contributed by atoms with E-state index in [0.29, 0.717) is 17.9 Å². The standard InChI is InChI=1S/C17H17F3O/c1-4-21-15-8-11(2)7-13(9-15)16-10-14(17(18,19)20)6-5-12(16)3/h5-10H,4H2,1-3H3. The topological polar surface area (TPSA) is 9.23 Å². The molecule has 4 heteroatoms. The van der Waals surface area contributed by atoms with Crippen molar-refractivity contribution in [3.63, 3.8) is 0 Å². The van der Waals surface area contributed by atoms with Crippen LogP contribution in [-0.2, 0) is 6.18 Å². The molecule has 0 atom stereocenters. The van der Waals surface area contributed by atoms with Crippen molar-refractivity contribution < 1.29 is 17.9 Å².